The van der Waals surface area contributed by atoms with Crippen molar-refractivity contribution in [2.24, 2.45) is 9.98 Å². The van der Waals surface area contributed by atoms with Gasteiger partial charge in [0.15, 0.2) is 0 Å². The highest BCUT2D eigenvalue weighted by molar-refractivity contribution is 6.31. The lowest BCUT2D eigenvalue weighted by molar-refractivity contribution is 0.559. The molecule has 0 unspecified atom stereocenters. The van der Waals surface area contributed by atoms with Crippen LogP contribution in [-0.4, -0.2) is 11.9 Å². The van der Waals surface area contributed by atoms with Gasteiger partial charge in [-0.05, 0) is 111 Å². The van der Waals surface area contributed by atoms with Gasteiger partial charge in [-0.25, -0.2) is 0 Å². The number of unbranched alkanes of at least 4 members (excludes halogenated alkanes) is 13. The Bertz CT molecular complexity index is 1060. The van der Waals surface area contributed by atoms with Gasteiger partial charge in [0.2, 0.25) is 0 Å². The first-order valence-electron chi connectivity index (χ1n) is 19.0. The minimum atomic E-state index is 0.999. The maximum absolute atomic E-state index is 5.24. The van der Waals surface area contributed by atoms with Crippen molar-refractivity contribution in [3.63, 3.8) is 0 Å². The van der Waals surface area contributed by atoms with Crippen LogP contribution in [0.25, 0.3) is 0 Å². The molecule has 2 aromatic rings. The molecule has 2 rings (SSSR count). The SMILES string of the molecule is CCCCCCCCCCCCC(C=Nc1ccc(CCCC)c(CCCC)c1)=Nc1ccc(CCCC)c(CCCC)c1. The lowest BCUT2D eigenvalue weighted by Crippen LogP contribution is -2.01. The second-order valence-corrected chi connectivity index (χ2v) is 13.1. The van der Waals surface area contributed by atoms with Gasteiger partial charge in [-0.3, -0.25) is 9.98 Å². The molecule has 0 aromatic heterocycles. The zero-order valence-electron chi connectivity index (χ0n) is 29.7. The number of hydrogen-bond acceptors (Lipinski definition) is 2. The zero-order valence-corrected chi connectivity index (χ0v) is 29.7. The fourth-order valence-electron chi connectivity index (χ4n) is 6.05. The lowest BCUT2D eigenvalue weighted by atomic mass is 9.97. The van der Waals surface area contributed by atoms with Crippen LogP contribution in [0.5, 0.6) is 0 Å². The zero-order chi connectivity index (χ0) is 31.7. The summed E-state index contributed by atoms with van der Waals surface area (Å²) in [4.78, 5) is 10.3. The number of hydrogen-bond donors (Lipinski definition) is 0. The van der Waals surface area contributed by atoms with Crippen molar-refractivity contribution in [3.05, 3.63) is 58.7 Å². The van der Waals surface area contributed by atoms with Crippen molar-refractivity contribution in [1.29, 1.82) is 0 Å². The lowest BCUT2D eigenvalue weighted by Gasteiger charge is -2.11. The molecule has 0 saturated carbocycles. The van der Waals surface area contributed by atoms with Gasteiger partial charge >= 0.3 is 0 Å². The molecule has 246 valence electrons. The summed E-state index contributed by atoms with van der Waals surface area (Å²) in [6, 6.07) is 13.9. The van der Waals surface area contributed by atoms with Crippen molar-refractivity contribution >= 4 is 23.3 Å². The van der Waals surface area contributed by atoms with E-state index >= 15 is 0 Å². The first-order chi connectivity index (χ1) is 21.6. The summed E-state index contributed by atoms with van der Waals surface area (Å²) in [5, 5.41) is 0. The largest absolute Gasteiger partial charge is 0.255 e. The Kier molecular flexibility index (Phi) is 21.6. The van der Waals surface area contributed by atoms with Gasteiger partial charge in [-0.15, -0.1) is 0 Å². The van der Waals surface area contributed by atoms with E-state index in [1.54, 1.807) is 0 Å². The van der Waals surface area contributed by atoms with E-state index in [1.807, 2.05) is 0 Å². The van der Waals surface area contributed by atoms with Crippen molar-refractivity contribution in [2.45, 2.75) is 182 Å². The third-order valence-electron chi connectivity index (χ3n) is 9.00. The normalized spacial score (nSPS) is 12.1. The van der Waals surface area contributed by atoms with Crippen LogP contribution in [0.4, 0.5) is 11.4 Å². The average molecular weight is 601 g/mol. The van der Waals surface area contributed by atoms with E-state index in [2.05, 4.69) is 77.2 Å². The summed E-state index contributed by atoms with van der Waals surface area (Å²) < 4.78 is 0. The number of rotatable bonds is 26. The highest BCUT2D eigenvalue weighted by Gasteiger charge is 2.07. The highest BCUT2D eigenvalue weighted by Crippen LogP contribution is 2.25. The quantitative estimate of drug-likeness (QED) is 0.0758. The Morgan fingerprint density at radius 1 is 0.455 bits per heavy atom. The van der Waals surface area contributed by atoms with Gasteiger partial charge < -0.3 is 0 Å². The van der Waals surface area contributed by atoms with Gasteiger partial charge in [-0.1, -0.05) is 130 Å². The fraction of sp³-hybridized carbons (Fsp3) is 0.667. The molecule has 0 spiro atoms. The average Bonchev–Trinajstić information content (AvgIpc) is 3.04. The molecule has 0 aliphatic carbocycles. The molecule has 0 atom stereocenters. The van der Waals surface area contributed by atoms with E-state index in [9.17, 15) is 0 Å². The van der Waals surface area contributed by atoms with E-state index in [0.717, 1.165) is 36.3 Å². The van der Waals surface area contributed by atoms with E-state index in [-0.39, 0.29) is 0 Å². The third-order valence-corrected chi connectivity index (χ3v) is 9.00. The van der Waals surface area contributed by atoms with E-state index in [1.165, 1.54) is 151 Å². The van der Waals surface area contributed by atoms with Crippen LogP contribution in [0, 0.1) is 0 Å². The molecular formula is C42H68N2. The van der Waals surface area contributed by atoms with Crippen molar-refractivity contribution in [3.8, 4) is 0 Å². The Morgan fingerprint density at radius 3 is 1.36 bits per heavy atom. The third kappa shape index (κ3) is 16.2. The number of nitrogens with zero attached hydrogens (tertiary/aromatic N) is 2. The van der Waals surface area contributed by atoms with Crippen LogP contribution in [0.15, 0.2) is 46.4 Å². The minimum absolute atomic E-state index is 0.999. The van der Waals surface area contributed by atoms with Crippen LogP contribution >= 0.6 is 0 Å². The van der Waals surface area contributed by atoms with Gasteiger partial charge in [0.25, 0.3) is 0 Å². The Morgan fingerprint density at radius 2 is 0.864 bits per heavy atom. The molecule has 0 bridgehead atoms. The minimum Gasteiger partial charge on any atom is -0.255 e. The maximum Gasteiger partial charge on any atom is 0.0636 e. The molecule has 0 amide bonds. The molecule has 0 aliphatic rings. The van der Waals surface area contributed by atoms with E-state index < -0.39 is 0 Å². The molecule has 0 saturated heterocycles. The molecular weight excluding hydrogens is 532 g/mol. The maximum atomic E-state index is 5.24. The van der Waals surface area contributed by atoms with Gasteiger partial charge in [0.1, 0.15) is 0 Å². The highest BCUT2D eigenvalue weighted by atomic mass is 14.8. The topological polar surface area (TPSA) is 24.7 Å². The summed E-state index contributed by atoms with van der Waals surface area (Å²) in [6.45, 7) is 11.4. The molecule has 0 radical (unpaired) electrons. The van der Waals surface area contributed by atoms with Crippen LogP contribution < -0.4 is 0 Å². The van der Waals surface area contributed by atoms with Crippen molar-refractivity contribution in [1.82, 2.24) is 0 Å². The number of aliphatic imine (C=N–C) groups is 2. The van der Waals surface area contributed by atoms with E-state index in [4.69, 9.17) is 9.98 Å². The second-order valence-electron chi connectivity index (χ2n) is 13.1. The van der Waals surface area contributed by atoms with Gasteiger partial charge in [0, 0.05) is 6.21 Å². The smallest absolute Gasteiger partial charge is 0.0636 e. The fourth-order valence-corrected chi connectivity index (χ4v) is 6.05. The van der Waals surface area contributed by atoms with Crippen molar-refractivity contribution < 1.29 is 0 Å². The second kappa shape index (κ2) is 25.0. The first-order valence-corrected chi connectivity index (χ1v) is 19.0. The summed E-state index contributed by atoms with van der Waals surface area (Å²) in [5.41, 5.74) is 9.33. The molecule has 2 nitrogen and oxygen atoms in total. The molecule has 2 aromatic carbocycles. The van der Waals surface area contributed by atoms with Crippen LogP contribution in [0.2, 0.25) is 0 Å². The summed E-state index contributed by atoms with van der Waals surface area (Å²) in [6.07, 6.45) is 31.3. The molecule has 2 heteroatoms. The predicted molar refractivity (Wildman–Crippen MR) is 199 cm³/mol. The Hall–Kier alpha value is -2.22. The number of benzene rings is 2. The first kappa shape index (κ1) is 38.0. The summed E-state index contributed by atoms with van der Waals surface area (Å²) in [7, 11) is 0. The molecule has 0 fully saturated rings. The monoisotopic (exact) mass is 601 g/mol. The van der Waals surface area contributed by atoms with Crippen molar-refractivity contribution in [2.75, 3.05) is 0 Å². The van der Waals surface area contributed by atoms with E-state index in [0.29, 0.717) is 0 Å². The van der Waals surface area contributed by atoms with Crippen LogP contribution in [0.3, 0.4) is 0 Å². The summed E-state index contributed by atoms with van der Waals surface area (Å²) in [5.74, 6) is 0. The van der Waals surface area contributed by atoms with Gasteiger partial charge in [0.05, 0.1) is 17.1 Å². The summed E-state index contributed by atoms with van der Waals surface area (Å²) >= 11 is 0. The molecule has 44 heavy (non-hydrogen) atoms. The molecule has 0 aliphatic heterocycles. The predicted octanol–water partition coefficient (Wildman–Crippen LogP) is 13.8. The molecule has 0 heterocycles. The van der Waals surface area contributed by atoms with Crippen LogP contribution in [-0.2, 0) is 25.7 Å². The molecule has 0 N–H and O–H groups in total. The standard InChI is InChI=1S/C42H68N2/c1-6-11-16-17-18-19-20-21-22-23-28-42(44-41-32-30-37(25-13-8-3)39(34-41)27-15-10-5)35-43-40-31-29-36(24-12-7-2)38(33-40)26-14-9-4/h29-35H,6-28H2,1-5H3. The Balaban J connectivity index is 2.20. The number of aryl methyl sites for hydroxylation is 4. The van der Waals surface area contributed by atoms with Crippen LogP contribution in [0.1, 0.15) is 179 Å². The van der Waals surface area contributed by atoms with Gasteiger partial charge in [-0.2, -0.15) is 0 Å². The Labute approximate surface area is 273 Å².